The van der Waals surface area contributed by atoms with Crippen LogP contribution in [0.25, 0.3) is 11.0 Å². The minimum Gasteiger partial charge on any atom is -0.465 e. The Morgan fingerprint density at radius 2 is 1.88 bits per heavy atom. The molecule has 0 spiro atoms. The van der Waals surface area contributed by atoms with Crippen LogP contribution in [-0.2, 0) is 4.74 Å². The van der Waals surface area contributed by atoms with Crippen LogP contribution in [0.1, 0.15) is 21.5 Å². The highest BCUT2D eigenvalue weighted by molar-refractivity contribution is 5.94. The summed E-state index contributed by atoms with van der Waals surface area (Å²) in [4.78, 5) is 23.0. The van der Waals surface area contributed by atoms with Crippen molar-refractivity contribution in [3.05, 3.63) is 45.3 Å². The molecule has 4 nitrogen and oxygen atoms in total. The number of benzene rings is 1. The summed E-state index contributed by atoms with van der Waals surface area (Å²) in [5.74, 6) is -0.679. The zero-order valence-corrected chi connectivity index (χ0v) is 9.87. The smallest absolute Gasteiger partial charge is 0.351 e. The van der Waals surface area contributed by atoms with Crippen LogP contribution in [0.15, 0.2) is 27.4 Å². The Morgan fingerprint density at radius 1 is 1.24 bits per heavy atom. The van der Waals surface area contributed by atoms with Gasteiger partial charge < -0.3 is 9.15 Å². The fraction of sp³-hybridized carbons (Fsp3) is 0.231. The number of ether oxygens (including phenoxy) is 1. The summed E-state index contributed by atoms with van der Waals surface area (Å²) in [6, 6.07) is 5.31. The minimum absolute atomic E-state index is 0.0753. The Balaban J connectivity index is 2.85. The highest BCUT2D eigenvalue weighted by Crippen LogP contribution is 2.21. The van der Waals surface area contributed by atoms with Crippen LogP contribution < -0.4 is 5.63 Å². The molecule has 1 aromatic heterocycles. The predicted octanol–water partition coefficient (Wildman–Crippen LogP) is 2.20. The number of hydrogen-bond acceptors (Lipinski definition) is 4. The van der Waals surface area contributed by atoms with Gasteiger partial charge >= 0.3 is 11.6 Å². The second-order valence-electron chi connectivity index (χ2n) is 3.88. The average molecular weight is 232 g/mol. The van der Waals surface area contributed by atoms with Gasteiger partial charge in [0.15, 0.2) is 0 Å². The first-order chi connectivity index (χ1) is 8.04. The molecule has 0 aliphatic carbocycles. The van der Waals surface area contributed by atoms with Crippen molar-refractivity contribution in [2.45, 2.75) is 13.8 Å². The molecule has 2 rings (SSSR count). The largest absolute Gasteiger partial charge is 0.465 e. The normalized spacial score (nSPS) is 10.5. The number of rotatable bonds is 1. The van der Waals surface area contributed by atoms with E-state index in [1.165, 1.54) is 13.2 Å². The topological polar surface area (TPSA) is 56.5 Å². The molecule has 0 radical (unpaired) electrons. The van der Waals surface area contributed by atoms with Crippen molar-refractivity contribution < 1.29 is 13.9 Å². The fourth-order valence-electron chi connectivity index (χ4n) is 1.72. The van der Waals surface area contributed by atoms with Crippen LogP contribution in [0.4, 0.5) is 0 Å². The second kappa shape index (κ2) is 4.05. The van der Waals surface area contributed by atoms with Gasteiger partial charge in [0, 0.05) is 5.39 Å². The number of carbonyl (C=O) groups excluding carboxylic acids is 1. The molecular formula is C13H12O4. The SMILES string of the molecule is COC(=O)c1cc2c(C)ccc(C)c2oc1=O. The molecule has 0 amide bonds. The Bertz CT molecular complexity index is 652. The lowest BCUT2D eigenvalue weighted by Crippen LogP contribution is -2.15. The highest BCUT2D eigenvalue weighted by Gasteiger charge is 2.15. The number of hydrogen-bond donors (Lipinski definition) is 0. The zero-order valence-electron chi connectivity index (χ0n) is 9.87. The molecular weight excluding hydrogens is 220 g/mol. The highest BCUT2D eigenvalue weighted by atomic mass is 16.5. The van der Waals surface area contributed by atoms with E-state index in [0.717, 1.165) is 16.5 Å². The maximum absolute atomic E-state index is 11.6. The van der Waals surface area contributed by atoms with E-state index in [4.69, 9.17) is 4.42 Å². The van der Waals surface area contributed by atoms with Crippen molar-refractivity contribution in [1.82, 2.24) is 0 Å². The lowest BCUT2D eigenvalue weighted by molar-refractivity contribution is 0.0596. The molecule has 2 aromatic rings. The van der Waals surface area contributed by atoms with Gasteiger partial charge in [-0.15, -0.1) is 0 Å². The molecule has 0 saturated carbocycles. The molecule has 0 unspecified atom stereocenters. The van der Waals surface area contributed by atoms with Crippen molar-refractivity contribution >= 4 is 16.9 Å². The lowest BCUT2D eigenvalue weighted by Gasteiger charge is -2.05. The van der Waals surface area contributed by atoms with E-state index < -0.39 is 11.6 Å². The van der Waals surface area contributed by atoms with Crippen molar-refractivity contribution in [1.29, 1.82) is 0 Å². The standard InChI is InChI=1S/C13H12O4/c1-7-4-5-8(2)11-9(7)6-10(12(14)16-3)13(15)17-11/h4-6H,1-3H3. The molecule has 0 bridgehead atoms. The van der Waals surface area contributed by atoms with Gasteiger partial charge in [0.2, 0.25) is 0 Å². The van der Waals surface area contributed by atoms with Gasteiger partial charge in [0.25, 0.3) is 0 Å². The summed E-state index contributed by atoms with van der Waals surface area (Å²) in [7, 11) is 1.23. The summed E-state index contributed by atoms with van der Waals surface area (Å²) in [5, 5.41) is 0.755. The van der Waals surface area contributed by atoms with E-state index in [0.29, 0.717) is 5.58 Å². The molecule has 4 heteroatoms. The quantitative estimate of drug-likeness (QED) is 0.558. The van der Waals surface area contributed by atoms with Gasteiger partial charge in [-0.25, -0.2) is 9.59 Å². The van der Waals surface area contributed by atoms with Crippen LogP contribution in [0.5, 0.6) is 0 Å². The van der Waals surface area contributed by atoms with E-state index in [1.807, 2.05) is 26.0 Å². The molecule has 0 fully saturated rings. The first-order valence-electron chi connectivity index (χ1n) is 5.17. The molecule has 17 heavy (non-hydrogen) atoms. The maximum atomic E-state index is 11.6. The number of aryl methyl sites for hydroxylation is 2. The number of methoxy groups -OCH3 is 1. The van der Waals surface area contributed by atoms with Gasteiger partial charge in [-0.2, -0.15) is 0 Å². The third-order valence-electron chi connectivity index (χ3n) is 2.72. The molecule has 0 aliphatic rings. The molecule has 0 atom stereocenters. The monoisotopic (exact) mass is 232 g/mol. The van der Waals surface area contributed by atoms with Gasteiger partial charge in [-0.1, -0.05) is 12.1 Å². The van der Waals surface area contributed by atoms with Gasteiger partial charge in [-0.05, 0) is 31.0 Å². The van der Waals surface area contributed by atoms with Gasteiger partial charge in [0.05, 0.1) is 7.11 Å². The van der Waals surface area contributed by atoms with Gasteiger partial charge in [-0.3, -0.25) is 0 Å². The van der Waals surface area contributed by atoms with E-state index in [1.54, 1.807) is 0 Å². The van der Waals surface area contributed by atoms with E-state index in [-0.39, 0.29) is 5.56 Å². The Kier molecular flexibility index (Phi) is 2.71. The lowest BCUT2D eigenvalue weighted by atomic mass is 10.1. The summed E-state index contributed by atoms with van der Waals surface area (Å²) in [6.07, 6.45) is 0. The molecule has 88 valence electrons. The predicted molar refractivity (Wildman–Crippen MR) is 63.3 cm³/mol. The van der Waals surface area contributed by atoms with E-state index in [9.17, 15) is 9.59 Å². The van der Waals surface area contributed by atoms with Crippen LogP contribution in [-0.4, -0.2) is 13.1 Å². The third-order valence-corrected chi connectivity index (χ3v) is 2.72. The summed E-state index contributed by atoms with van der Waals surface area (Å²) < 4.78 is 9.71. The first-order valence-corrected chi connectivity index (χ1v) is 5.17. The van der Waals surface area contributed by atoms with Crippen LogP contribution in [0.2, 0.25) is 0 Å². The minimum atomic E-state index is -0.679. The first kappa shape index (κ1) is 11.4. The summed E-state index contributed by atoms with van der Waals surface area (Å²) >= 11 is 0. The molecule has 0 saturated heterocycles. The molecule has 1 heterocycles. The van der Waals surface area contributed by atoms with Crippen LogP contribution >= 0.6 is 0 Å². The van der Waals surface area contributed by atoms with Crippen LogP contribution in [0.3, 0.4) is 0 Å². The van der Waals surface area contributed by atoms with Crippen LogP contribution in [0, 0.1) is 13.8 Å². The Hall–Kier alpha value is -2.10. The van der Waals surface area contributed by atoms with E-state index >= 15 is 0 Å². The third kappa shape index (κ3) is 1.82. The van der Waals surface area contributed by atoms with Crippen molar-refractivity contribution in [3.63, 3.8) is 0 Å². The van der Waals surface area contributed by atoms with E-state index in [2.05, 4.69) is 4.74 Å². The molecule has 1 aromatic carbocycles. The Labute approximate surface area is 97.8 Å². The van der Waals surface area contributed by atoms with Gasteiger partial charge in [0.1, 0.15) is 11.1 Å². The second-order valence-corrected chi connectivity index (χ2v) is 3.88. The van der Waals surface area contributed by atoms with Crippen molar-refractivity contribution in [3.8, 4) is 0 Å². The van der Waals surface area contributed by atoms with Crippen molar-refractivity contribution in [2.75, 3.05) is 7.11 Å². The maximum Gasteiger partial charge on any atom is 0.351 e. The average Bonchev–Trinajstić information content (AvgIpc) is 2.32. The number of fused-ring (bicyclic) bond motifs is 1. The number of carbonyl (C=O) groups is 1. The molecule has 0 N–H and O–H groups in total. The number of esters is 1. The summed E-state index contributed by atoms with van der Waals surface area (Å²) in [5.41, 5.74) is 1.58. The molecule has 0 aliphatic heterocycles. The van der Waals surface area contributed by atoms with Crippen molar-refractivity contribution in [2.24, 2.45) is 0 Å². The fourth-order valence-corrected chi connectivity index (χ4v) is 1.72. The Morgan fingerprint density at radius 3 is 2.53 bits per heavy atom. The summed E-state index contributed by atoms with van der Waals surface area (Å²) in [6.45, 7) is 3.74. The zero-order chi connectivity index (χ0) is 12.6.